The molecule has 0 bridgehead atoms. The molecule has 5 nitrogen and oxygen atoms in total. The van der Waals surface area contributed by atoms with Crippen LogP contribution in [0.25, 0.3) is 0 Å². The highest BCUT2D eigenvalue weighted by Gasteiger charge is 2.43. The van der Waals surface area contributed by atoms with Gasteiger partial charge in [0.1, 0.15) is 5.82 Å². The lowest BCUT2D eigenvalue weighted by molar-refractivity contribution is 0.0747. The van der Waals surface area contributed by atoms with E-state index in [9.17, 15) is 0 Å². The number of rotatable bonds is 5. The van der Waals surface area contributed by atoms with E-state index in [-0.39, 0.29) is 11.6 Å². The maximum atomic E-state index is 5.96. The van der Waals surface area contributed by atoms with E-state index in [1.54, 1.807) is 0 Å². The van der Waals surface area contributed by atoms with Gasteiger partial charge in [-0.05, 0) is 33.9 Å². The molecule has 1 aliphatic rings. The second kappa shape index (κ2) is 6.70. The minimum Gasteiger partial charge on any atom is -0.334 e. The van der Waals surface area contributed by atoms with Crippen LogP contribution < -0.4 is 11.3 Å². The molecule has 1 saturated carbocycles. The number of hydrogen-bond acceptors (Lipinski definition) is 4. The number of likely N-dealkylation sites (N-methyl/N-ethyl adjacent to an activating group) is 1. The molecule has 0 aliphatic heterocycles. The van der Waals surface area contributed by atoms with Gasteiger partial charge in [0.25, 0.3) is 0 Å². The van der Waals surface area contributed by atoms with Gasteiger partial charge in [0.15, 0.2) is 0 Å². The van der Waals surface area contributed by atoms with Gasteiger partial charge in [0.05, 0.1) is 6.04 Å². The summed E-state index contributed by atoms with van der Waals surface area (Å²) >= 11 is 0. The quantitative estimate of drug-likeness (QED) is 0.492. The van der Waals surface area contributed by atoms with Gasteiger partial charge in [-0.3, -0.25) is 5.84 Å². The van der Waals surface area contributed by atoms with Gasteiger partial charge in [-0.15, -0.1) is 0 Å². The van der Waals surface area contributed by atoms with Crippen molar-refractivity contribution in [2.24, 2.45) is 5.84 Å². The third-order valence-corrected chi connectivity index (χ3v) is 4.91. The molecule has 1 unspecified atom stereocenters. The third-order valence-electron chi connectivity index (χ3n) is 4.91. The molecule has 1 aromatic heterocycles. The monoisotopic (exact) mass is 279 g/mol. The Bertz CT molecular complexity index is 404. The Labute approximate surface area is 122 Å². The number of nitrogens with two attached hydrogens (primary N) is 1. The summed E-state index contributed by atoms with van der Waals surface area (Å²) in [7, 11) is 4.35. The number of hydrogen-bond donors (Lipinski definition) is 2. The molecule has 1 aromatic rings. The van der Waals surface area contributed by atoms with Crippen molar-refractivity contribution >= 4 is 0 Å². The Morgan fingerprint density at radius 2 is 2.00 bits per heavy atom. The van der Waals surface area contributed by atoms with Crippen LogP contribution in [-0.4, -0.2) is 34.1 Å². The highest BCUT2D eigenvalue weighted by Crippen LogP contribution is 2.40. The minimum atomic E-state index is 0.0591. The Morgan fingerprint density at radius 1 is 1.35 bits per heavy atom. The standard InChI is InChI=1S/C15H29N5/c1-4-20-12-11-17-14(20)13(18-16)15(19(2)3)9-7-5-6-8-10-15/h11-13,18H,4-10,16H2,1-3H3. The number of aromatic nitrogens is 2. The molecule has 0 saturated heterocycles. The second-order valence-corrected chi connectivity index (χ2v) is 6.08. The van der Waals surface area contributed by atoms with Gasteiger partial charge in [-0.1, -0.05) is 25.7 Å². The first-order valence-electron chi connectivity index (χ1n) is 7.80. The van der Waals surface area contributed by atoms with Crippen LogP contribution in [0.5, 0.6) is 0 Å². The van der Waals surface area contributed by atoms with Gasteiger partial charge in [0.2, 0.25) is 0 Å². The first kappa shape index (κ1) is 15.5. The van der Waals surface area contributed by atoms with Crippen molar-refractivity contribution in [3.63, 3.8) is 0 Å². The van der Waals surface area contributed by atoms with E-state index in [0.29, 0.717) is 0 Å². The van der Waals surface area contributed by atoms with E-state index in [1.165, 1.54) is 38.5 Å². The Kier molecular flexibility index (Phi) is 5.18. The summed E-state index contributed by atoms with van der Waals surface area (Å²) in [4.78, 5) is 6.94. The number of hydrazine groups is 1. The molecule has 114 valence electrons. The fourth-order valence-corrected chi connectivity index (χ4v) is 3.65. The summed E-state index contributed by atoms with van der Waals surface area (Å²) < 4.78 is 2.20. The molecule has 1 heterocycles. The third kappa shape index (κ3) is 2.75. The number of imidazole rings is 1. The van der Waals surface area contributed by atoms with Crippen molar-refractivity contribution in [3.05, 3.63) is 18.2 Å². The molecule has 3 N–H and O–H groups in total. The first-order valence-corrected chi connectivity index (χ1v) is 7.80. The molecule has 20 heavy (non-hydrogen) atoms. The fourth-order valence-electron chi connectivity index (χ4n) is 3.65. The van der Waals surface area contributed by atoms with Gasteiger partial charge >= 0.3 is 0 Å². The normalized spacial score (nSPS) is 20.9. The number of nitrogens with zero attached hydrogens (tertiary/aromatic N) is 3. The van der Waals surface area contributed by atoms with Crippen molar-refractivity contribution in [2.75, 3.05) is 14.1 Å². The van der Waals surface area contributed by atoms with Crippen molar-refractivity contribution in [2.45, 2.75) is 63.6 Å². The molecule has 2 rings (SSSR count). The highest BCUT2D eigenvalue weighted by atomic mass is 15.3. The summed E-state index contributed by atoms with van der Waals surface area (Å²) in [6, 6.07) is 0.0746. The van der Waals surface area contributed by atoms with Crippen LogP contribution in [0, 0.1) is 0 Å². The summed E-state index contributed by atoms with van der Waals surface area (Å²) in [5.41, 5.74) is 3.13. The molecule has 0 amide bonds. The van der Waals surface area contributed by atoms with E-state index >= 15 is 0 Å². The predicted molar refractivity (Wildman–Crippen MR) is 82.1 cm³/mol. The van der Waals surface area contributed by atoms with Gasteiger partial charge in [0, 0.05) is 24.5 Å². The van der Waals surface area contributed by atoms with Crippen LogP contribution in [0.4, 0.5) is 0 Å². The van der Waals surface area contributed by atoms with Crippen LogP contribution in [0.1, 0.15) is 57.3 Å². The summed E-state index contributed by atoms with van der Waals surface area (Å²) in [6.07, 6.45) is 11.5. The van der Waals surface area contributed by atoms with E-state index in [4.69, 9.17) is 5.84 Å². The Balaban J connectivity index is 2.39. The lowest BCUT2D eigenvalue weighted by Crippen LogP contribution is -2.55. The van der Waals surface area contributed by atoms with Crippen LogP contribution in [0.3, 0.4) is 0 Å². The molecule has 0 radical (unpaired) electrons. The Hall–Kier alpha value is -0.910. The first-order chi connectivity index (χ1) is 9.65. The van der Waals surface area contributed by atoms with E-state index in [1.807, 2.05) is 12.4 Å². The highest BCUT2D eigenvalue weighted by molar-refractivity contribution is 5.11. The van der Waals surface area contributed by atoms with Crippen LogP contribution >= 0.6 is 0 Å². The summed E-state index contributed by atoms with van der Waals surface area (Å²) in [5.74, 6) is 7.02. The summed E-state index contributed by atoms with van der Waals surface area (Å²) in [6.45, 7) is 3.07. The van der Waals surface area contributed by atoms with Crippen LogP contribution in [0.15, 0.2) is 12.4 Å². The second-order valence-electron chi connectivity index (χ2n) is 6.08. The van der Waals surface area contributed by atoms with Gasteiger partial charge in [-0.2, -0.15) is 0 Å². The van der Waals surface area contributed by atoms with Crippen molar-refractivity contribution in [1.82, 2.24) is 19.9 Å². The van der Waals surface area contributed by atoms with Crippen molar-refractivity contribution in [1.29, 1.82) is 0 Å². The molecule has 1 fully saturated rings. The van der Waals surface area contributed by atoms with Crippen LogP contribution in [0.2, 0.25) is 0 Å². The predicted octanol–water partition coefficient (Wildman–Crippen LogP) is 2.06. The summed E-state index contributed by atoms with van der Waals surface area (Å²) in [5, 5.41) is 0. The fraction of sp³-hybridized carbons (Fsp3) is 0.800. The largest absolute Gasteiger partial charge is 0.334 e. The number of nitrogens with one attached hydrogen (secondary N) is 1. The minimum absolute atomic E-state index is 0.0591. The lowest BCUT2D eigenvalue weighted by atomic mass is 9.81. The average Bonchev–Trinajstić information content (AvgIpc) is 2.76. The van der Waals surface area contributed by atoms with Gasteiger partial charge in [-0.25, -0.2) is 10.4 Å². The smallest absolute Gasteiger partial charge is 0.129 e. The molecule has 1 atom stereocenters. The zero-order valence-corrected chi connectivity index (χ0v) is 13.1. The maximum absolute atomic E-state index is 5.96. The molecule has 1 aliphatic carbocycles. The molecule has 5 heteroatoms. The topological polar surface area (TPSA) is 59.1 Å². The Morgan fingerprint density at radius 3 is 2.50 bits per heavy atom. The van der Waals surface area contributed by atoms with Gasteiger partial charge < -0.3 is 9.47 Å². The molecular formula is C15H29N5. The average molecular weight is 279 g/mol. The SMILES string of the molecule is CCn1ccnc1C(NN)C1(N(C)C)CCCCCC1. The molecular weight excluding hydrogens is 250 g/mol. The molecule has 0 aromatic carbocycles. The van der Waals surface area contributed by atoms with E-state index in [2.05, 4.69) is 40.9 Å². The lowest BCUT2D eigenvalue weighted by Gasteiger charge is -2.45. The van der Waals surface area contributed by atoms with E-state index in [0.717, 1.165) is 12.4 Å². The van der Waals surface area contributed by atoms with E-state index < -0.39 is 0 Å². The maximum Gasteiger partial charge on any atom is 0.129 e. The van der Waals surface area contributed by atoms with Crippen LogP contribution in [-0.2, 0) is 6.54 Å². The van der Waals surface area contributed by atoms with Crippen molar-refractivity contribution in [3.8, 4) is 0 Å². The number of aryl methyl sites for hydroxylation is 1. The van der Waals surface area contributed by atoms with Crippen molar-refractivity contribution < 1.29 is 0 Å². The zero-order chi connectivity index (χ0) is 14.6. The molecule has 0 spiro atoms. The zero-order valence-electron chi connectivity index (χ0n) is 13.1.